The lowest BCUT2D eigenvalue weighted by Gasteiger charge is -2.14. The fourth-order valence-corrected chi connectivity index (χ4v) is 2.41. The van der Waals surface area contributed by atoms with Gasteiger partial charge in [-0.3, -0.25) is 4.79 Å². The number of anilines is 1. The fourth-order valence-electron chi connectivity index (χ4n) is 2.19. The summed E-state index contributed by atoms with van der Waals surface area (Å²) in [5, 5.41) is 2.54. The van der Waals surface area contributed by atoms with Crippen LogP contribution in [0.15, 0.2) is 30.3 Å². The number of alkyl halides is 2. The number of hydrogen-bond donors (Lipinski definition) is 1. The van der Waals surface area contributed by atoms with Gasteiger partial charge in [0.2, 0.25) is 5.75 Å². The van der Waals surface area contributed by atoms with Gasteiger partial charge in [-0.05, 0) is 30.3 Å². The monoisotopic (exact) mass is 387 g/mol. The molecule has 0 saturated heterocycles. The molecule has 0 radical (unpaired) electrons. The van der Waals surface area contributed by atoms with Gasteiger partial charge in [-0.15, -0.1) is 0 Å². The molecule has 2 rings (SSSR count). The van der Waals surface area contributed by atoms with Gasteiger partial charge in [-0.1, -0.05) is 11.6 Å². The van der Waals surface area contributed by atoms with Crippen LogP contribution in [0, 0.1) is 0 Å². The number of hydrogen-bond acceptors (Lipinski definition) is 5. The van der Waals surface area contributed by atoms with E-state index >= 15 is 0 Å². The molecule has 0 aromatic heterocycles. The summed E-state index contributed by atoms with van der Waals surface area (Å²) < 4.78 is 44.3. The second-order valence-corrected chi connectivity index (χ2v) is 5.30. The highest BCUT2D eigenvalue weighted by Crippen LogP contribution is 2.38. The smallest absolute Gasteiger partial charge is 0.387 e. The molecule has 26 heavy (non-hydrogen) atoms. The zero-order chi connectivity index (χ0) is 19.3. The molecule has 2 aromatic carbocycles. The second kappa shape index (κ2) is 8.57. The lowest BCUT2D eigenvalue weighted by atomic mass is 10.1. The molecule has 0 atom stereocenters. The van der Waals surface area contributed by atoms with E-state index in [9.17, 15) is 13.6 Å². The largest absolute Gasteiger partial charge is 0.493 e. The molecule has 1 amide bonds. The predicted molar refractivity (Wildman–Crippen MR) is 92.1 cm³/mol. The SMILES string of the molecule is COc1cc(C(=O)Nc2ccc(OC(F)F)c(Cl)c2)cc(OC)c1OC. The van der Waals surface area contributed by atoms with Gasteiger partial charge in [0.05, 0.1) is 26.4 Å². The molecule has 0 spiro atoms. The standard InChI is InChI=1S/C17H16ClF2NO5/c1-23-13-6-9(7-14(24-2)15(13)25-3)16(22)21-10-4-5-12(11(18)8-10)26-17(19)20/h4-8,17H,1-3H3,(H,21,22). The number of ether oxygens (including phenoxy) is 4. The van der Waals surface area contributed by atoms with E-state index in [1.807, 2.05) is 0 Å². The van der Waals surface area contributed by atoms with Crippen molar-refractivity contribution in [3.63, 3.8) is 0 Å². The van der Waals surface area contributed by atoms with Crippen LogP contribution in [-0.2, 0) is 0 Å². The summed E-state index contributed by atoms with van der Waals surface area (Å²) in [6.07, 6.45) is 0. The van der Waals surface area contributed by atoms with E-state index in [1.54, 1.807) is 0 Å². The number of halogens is 3. The summed E-state index contributed by atoms with van der Waals surface area (Å²) in [5.41, 5.74) is 0.541. The van der Waals surface area contributed by atoms with E-state index in [0.29, 0.717) is 22.9 Å². The number of rotatable bonds is 7. The molecule has 2 aromatic rings. The fraction of sp³-hybridized carbons (Fsp3) is 0.235. The number of benzene rings is 2. The zero-order valence-electron chi connectivity index (χ0n) is 14.1. The summed E-state index contributed by atoms with van der Waals surface area (Å²) in [5.74, 6) is 0.310. The van der Waals surface area contributed by atoms with Crippen LogP contribution in [0.4, 0.5) is 14.5 Å². The molecule has 0 bridgehead atoms. The van der Waals surface area contributed by atoms with Crippen LogP contribution >= 0.6 is 11.6 Å². The first-order valence-corrected chi connectivity index (χ1v) is 7.63. The van der Waals surface area contributed by atoms with Crippen LogP contribution < -0.4 is 24.3 Å². The quantitative estimate of drug-likeness (QED) is 0.770. The maximum atomic E-state index is 12.5. The van der Waals surface area contributed by atoms with Crippen molar-refractivity contribution < 1.29 is 32.5 Å². The maximum absolute atomic E-state index is 12.5. The first-order valence-electron chi connectivity index (χ1n) is 7.25. The Morgan fingerprint density at radius 1 is 1.00 bits per heavy atom. The van der Waals surface area contributed by atoms with E-state index in [1.165, 1.54) is 51.7 Å². The van der Waals surface area contributed by atoms with Crippen LogP contribution in [0.3, 0.4) is 0 Å². The number of nitrogens with one attached hydrogen (secondary N) is 1. The average Bonchev–Trinajstić information content (AvgIpc) is 2.62. The minimum absolute atomic E-state index is 0.0620. The highest BCUT2D eigenvalue weighted by Gasteiger charge is 2.17. The van der Waals surface area contributed by atoms with Crippen LogP contribution in [0.25, 0.3) is 0 Å². The lowest BCUT2D eigenvalue weighted by molar-refractivity contribution is -0.0497. The molecule has 0 aliphatic carbocycles. The van der Waals surface area contributed by atoms with Gasteiger partial charge in [-0.25, -0.2) is 0 Å². The Morgan fingerprint density at radius 2 is 1.62 bits per heavy atom. The maximum Gasteiger partial charge on any atom is 0.387 e. The first-order chi connectivity index (χ1) is 12.4. The molecule has 1 N–H and O–H groups in total. The van der Waals surface area contributed by atoms with Crippen LogP contribution in [0.1, 0.15) is 10.4 Å². The lowest BCUT2D eigenvalue weighted by Crippen LogP contribution is -2.13. The Bertz CT molecular complexity index is 776. The summed E-state index contributed by atoms with van der Waals surface area (Å²) >= 11 is 5.87. The van der Waals surface area contributed by atoms with E-state index in [0.717, 1.165) is 0 Å². The molecular formula is C17H16ClF2NO5. The predicted octanol–water partition coefficient (Wildman–Crippen LogP) is 4.22. The van der Waals surface area contributed by atoms with Gasteiger partial charge in [0, 0.05) is 11.3 Å². The van der Waals surface area contributed by atoms with Crippen LogP contribution in [0.5, 0.6) is 23.0 Å². The minimum Gasteiger partial charge on any atom is -0.493 e. The highest BCUT2D eigenvalue weighted by molar-refractivity contribution is 6.32. The molecule has 6 nitrogen and oxygen atoms in total. The molecule has 140 valence electrons. The van der Waals surface area contributed by atoms with Gasteiger partial charge in [-0.2, -0.15) is 8.78 Å². The van der Waals surface area contributed by atoms with Gasteiger partial charge >= 0.3 is 6.61 Å². The van der Waals surface area contributed by atoms with Gasteiger partial charge < -0.3 is 24.3 Å². The van der Waals surface area contributed by atoms with Crippen LogP contribution in [-0.4, -0.2) is 33.8 Å². The minimum atomic E-state index is -2.99. The molecule has 0 saturated carbocycles. The van der Waals surface area contributed by atoms with Crippen molar-refractivity contribution in [3.05, 3.63) is 40.9 Å². The molecule has 0 fully saturated rings. The summed E-state index contributed by atoms with van der Waals surface area (Å²) in [7, 11) is 4.31. The Balaban J connectivity index is 2.26. The molecule has 0 unspecified atom stereocenters. The van der Waals surface area contributed by atoms with Crippen molar-refractivity contribution in [2.24, 2.45) is 0 Å². The Labute approximate surface area is 153 Å². The molecule has 0 aliphatic rings. The third-order valence-electron chi connectivity index (χ3n) is 3.33. The number of methoxy groups -OCH3 is 3. The topological polar surface area (TPSA) is 66.0 Å². The highest BCUT2D eigenvalue weighted by atomic mass is 35.5. The van der Waals surface area contributed by atoms with E-state index in [2.05, 4.69) is 10.1 Å². The number of carbonyl (C=O) groups excluding carboxylic acids is 1. The Kier molecular flexibility index (Phi) is 6.46. The zero-order valence-corrected chi connectivity index (χ0v) is 14.9. The van der Waals surface area contributed by atoms with Gasteiger partial charge in [0.1, 0.15) is 5.75 Å². The number of carbonyl (C=O) groups is 1. The van der Waals surface area contributed by atoms with Crippen molar-refractivity contribution in [1.82, 2.24) is 0 Å². The van der Waals surface area contributed by atoms with Gasteiger partial charge in [0.15, 0.2) is 11.5 Å². The first kappa shape index (κ1) is 19.6. The van der Waals surface area contributed by atoms with Gasteiger partial charge in [0.25, 0.3) is 5.91 Å². The van der Waals surface area contributed by atoms with E-state index < -0.39 is 12.5 Å². The summed E-state index contributed by atoms with van der Waals surface area (Å²) in [6.45, 7) is -2.99. The normalized spacial score (nSPS) is 10.4. The Morgan fingerprint density at radius 3 is 2.08 bits per heavy atom. The van der Waals surface area contributed by atoms with Crippen molar-refractivity contribution in [2.75, 3.05) is 26.6 Å². The van der Waals surface area contributed by atoms with Crippen molar-refractivity contribution in [1.29, 1.82) is 0 Å². The van der Waals surface area contributed by atoms with Crippen molar-refractivity contribution in [3.8, 4) is 23.0 Å². The molecule has 9 heteroatoms. The number of amides is 1. The van der Waals surface area contributed by atoms with Crippen molar-refractivity contribution >= 4 is 23.2 Å². The summed E-state index contributed by atoms with van der Waals surface area (Å²) in [6, 6.07) is 6.88. The van der Waals surface area contributed by atoms with E-state index in [-0.39, 0.29) is 16.3 Å². The third kappa shape index (κ3) is 4.45. The summed E-state index contributed by atoms with van der Waals surface area (Å²) in [4.78, 5) is 12.5. The van der Waals surface area contributed by atoms with Crippen molar-refractivity contribution in [2.45, 2.75) is 6.61 Å². The van der Waals surface area contributed by atoms with E-state index in [4.69, 9.17) is 25.8 Å². The Hall–Kier alpha value is -2.74. The third-order valence-corrected chi connectivity index (χ3v) is 3.63. The van der Waals surface area contributed by atoms with Crippen LogP contribution in [0.2, 0.25) is 5.02 Å². The molecule has 0 heterocycles. The molecular weight excluding hydrogens is 372 g/mol. The molecule has 0 aliphatic heterocycles. The second-order valence-electron chi connectivity index (χ2n) is 4.89. The average molecular weight is 388 g/mol.